The summed E-state index contributed by atoms with van der Waals surface area (Å²) in [6.07, 6.45) is 0. The van der Waals surface area contributed by atoms with Crippen molar-refractivity contribution in [2.75, 3.05) is 4.90 Å². The van der Waals surface area contributed by atoms with Gasteiger partial charge in [-0.2, -0.15) is 0 Å². The monoisotopic (exact) mass is 638 g/mol. The Balaban J connectivity index is 1.28. The summed E-state index contributed by atoms with van der Waals surface area (Å²) in [4.78, 5) is 2.44. The molecule has 0 spiro atoms. The van der Waals surface area contributed by atoms with Crippen molar-refractivity contribution in [3.05, 3.63) is 206 Å². The normalized spacial score (nSPS) is 11.2. The Kier molecular flexibility index (Phi) is 7.53. The fraction of sp³-hybridized carbons (Fsp3) is 0. The summed E-state index contributed by atoms with van der Waals surface area (Å²) in [5.74, 6) is 0. The van der Waals surface area contributed by atoms with Crippen molar-refractivity contribution >= 4 is 38.9 Å². The van der Waals surface area contributed by atoms with Crippen molar-refractivity contribution in [1.29, 1.82) is 0 Å². The molecule has 9 aromatic rings. The van der Waals surface area contributed by atoms with Gasteiger partial charge < -0.3 is 9.47 Å². The van der Waals surface area contributed by atoms with Gasteiger partial charge in [0.05, 0.1) is 22.4 Å². The Morgan fingerprint density at radius 1 is 0.340 bits per heavy atom. The lowest BCUT2D eigenvalue weighted by atomic mass is 9.95. The highest BCUT2D eigenvalue weighted by atomic mass is 15.1. The number of benzene rings is 8. The third-order valence-electron chi connectivity index (χ3n) is 9.59. The first-order valence-electron chi connectivity index (χ1n) is 17.1. The zero-order chi connectivity index (χ0) is 33.3. The Morgan fingerprint density at radius 2 is 0.860 bits per heavy atom. The molecule has 0 radical (unpaired) electrons. The molecule has 2 nitrogen and oxygen atoms in total. The van der Waals surface area contributed by atoms with Crippen molar-refractivity contribution in [2.24, 2.45) is 0 Å². The SMILES string of the molecule is c1ccc(-c2ccc(-c3ccc(N(c4ccccc4)c4cccc5c4c4ccccc4n5-c4ccccc4)c(-c4ccccc4)c3)cc2)cc1. The number of para-hydroxylation sites is 3. The fourth-order valence-electron chi connectivity index (χ4n) is 7.27. The van der Waals surface area contributed by atoms with Gasteiger partial charge in [0.2, 0.25) is 0 Å². The summed E-state index contributed by atoms with van der Waals surface area (Å²) < 4.78 is 2.39. The fourth-order valence-corrected chi connectivity index (χ4v) is 7.27. The van der Waals surface area contributed by atoms with Gasteiger partial charge in [0.1, 0.15) is 0 Å². The van der Waals surface area contributed by atoms with Crippen molar-refractivity contribution in [3.8, 4) is 39.1 Å². The minimum atomic E-state index is 1.11. The molecule has 9 rings (SSSR count). The van der Waals surface area contributed by atoms with Gasteiger partial charge >= 0.3 is 0 Å². The van der Waals surface area contributed by atoms with E-state index in [1.807, 2.05) is 0 Å². The summed E-state index contributed by atoms with van der Waals surface area (Å²) in [5.41, 5.74) is 14.0. The number of aromatic nitrogens is 1. The lowest BCUT2D eigenvalue weighted by molar-refractivity contribution is 1.18. The van der Waals surface area contributed by atoms with Gasteiger partial charge in [-0.25, -0.2) is 0 Å². The van der Waals surface area contributed by atoms with Crippen LogP contribution in [0.1, 0.15) is 0 Å². The summed E-state index contributed by atoms with van der Waals surface area (Å²) >= 11 is 0. The maximum atomic E-state index is 2.44. The van der Waals surface area contributed by atoms with Crippen LogP contribution in [0, 0.1) is 0 Å². The first-order valence-corrected chi connectivity index (χ1v) is 17.1. The predicted molar refractivity (Wildman–Crippen MR) is 212 cm³/mol. The smallest absolute Gasteiger partial charge is 0.0562 e. The second-order valence-electron chi connectivity index (χ2n) is 12.6. The van der Waals surface area contributed by atoms with Gasteiger partial charge in [0, 0.05) is 27.7 Å². The van der Waals surface area contributed by atoms with Crippen LogP contribution in [0.15, 0.2) is 206 Å². The van der Waals surface area contributed by atoms with Crippen LogP contribution in [-0.2, 0) is 0 Å². The molecule has 0 atom stereocenters. The molecule has 0 aliphatic carbocycles. The van der Waals surface area contributed by atoms with Crippen molar-refractivity contribution < 1.29 is 0 Å². The van der Waals surface area contributed by atoms with Gasteiger partial charge in [-0.3, -0.25) is 0 Å². The van der Waals surface area contributed by atoms with E-state index in [-0.39, 0.29) is 0 Å². The van der Waals surface area contributed by atoms with E-state index in [1.165, 1.54) is 55.2 Å². The molecule has 0 saturated heterocycles. The Labute approximate surface area is 292 Å². The van der Waals surface area contributed by atoms with E-state index in [0.717, 1.165) is 22.7 Å². The number of hydrogen-bond donors (Lipinski definition) is 0. The molecule has 236 valence electrons. The highest BCUT2D eigenvalue weighted by Gasteiger charge is 2.23. The first kappa shape index (κ1) is 29.5. The molecule has 0 fully saturated rings. The topological polar surface area (TPSA) is 8.17 Å². The Bertz CT molecular complexity index is 2550. The maximum Gasteiger partial charge on any atom is 0.0562 e. The van der Waals surface area contributed by atoms with E-state index in [2.05, 4.69) is 216 Å². The molecule has 0 N–H and O–H groups in total. The van der Waals surface area contributed by atoms with E-state index >= 15 is 0 Å². The standard InChI is InChI=1S/C48H34N2/c1-5-16-35(17-6-1)36-28-30-37(31-29-36)39-32-33-45(43(34-39)38-18-7-2-8-19-38)50(41-22-11-4-12-23-41)47-27-15-26-46-48(47)42-24-13-14-25-44(42)49(46)40-20-9-3-10-21-40/h1-34H. The van der Waals surface area contributed by atoms with Crippen LogP contribution >= 0.6 is 0 Å². The molecule has 0 unspecified atom stereocenters. The largest absolute Gasteiger partial charge is 0.309 e. The molecule has 8 aromatic carbocycles. The number of rotatable bonds is 7. The molecule has 50 heavy (non-hydrogen) atoms. The maximum absolute atomic E-state index is 2.44. The van der Waals surface area contributed by atoms with Crippen LogP contribution in [0.5, 0.6) is 0 Å². The first-order chi connectivity index (χ1) is 24.8. The quantitative estimate of drug-likeness (QED) is 0.169. The minimum Gasteiger partial charge on any atom is -0.309 e. The van der Waals surface area contributed by atoms with Crippen LogP contribution in [0.4, 0.5) is 17.1 Å². The summed E-state index contributed by atoms with van der Waals surface area (Å²) in [6, 6.07) is 74.1. The second kappa shape index (κ2) is 12.8. The molecular formula is C48H34N2. The van der Waals surface area contributed by atoms with Crippen LogP contribution in [0.3, 0.4) is 0 Å². The zero-order valence-electron chi connectivity index (χ0n) is 27.5. The summed E-state index contributed by atoms with van der Waals surface area (Å²) in [5, 5.41) is 2.44. The van der Waals surface area contributed by atoms with Gasteiger partial charge in [0.25, 0.3) is 0 Å². The van der Waals surface area contributed by atoms with E-state index in [0.29, 0.717) is 0 Å². The van der Waals surface area contributed by atoms with E-state index in [1.54, 1.807) is 0 Å². The summed E-state index contributed by atoms with van der Waals surface area (Å²) in [7, 11) is 0. The highest BCUT2D eigenvalue weighted by molar-refractivity contribution is 6.17. The minimum absolute atomic E-state index is 1.11. The van der Waals surface area contributed by atoms with E-state index in [4.69, 9.17) is 0 Å². The molecule has 2 heteroatoms. The molecule has 0 amide bonds. The molecular weight excluding hydrogens is 605 g/mol. The van der Waals surface area contributed by atoms with E-state index in [9.17, 15) is 0 Å². The van der Waals surface area contributed by atoms with Gasteiger partial charge in [-0.1, -0.05) is 152 Å². The number of anilines is 3. The van der Waals surface area contributed by atoms with Crippen LogP contribution in [-0.4, -0.2) is 4.57 Å². The Morgan fingerprint density at radius 3 is 1.56 bits per heavy atom. The van der Waals surface area contributed by atoms with Crippen molar-refractivity contribution in [2.45, 2.75) is 0 Å². The molecule has 1 heterocycles. The third-order valence-corrected chi connectivity index (χ3v) is 9.59. The van der Waals surface area contributed by atoms with Crippen molar-refractivity contribution in [3.63, 3.8) is 0 Å². The third kappa shape index (κ3) is 5.24. The van der Waals surface area contributed by atoms with Gasteiger partial charge in [-0.05, 0) is 82.4 Å². The molecule has 0 saturated carbocycles. The second-order valence-corrected chi connectivity index (χ2v) is 12.6. The number of fused-ring (bicyclic) bond motifs is 3. The van der Waals surface area contributed by atoms with Crippen LogP contribution < -0.4 is 4.90 Å². The predicted octanol–water partition coefficient (Wildman–Crippen LogP) is 13.3. The lowest BCUT2D eigenvalue weighted by Gasteiger charge is -2.29. The van der Waals surface area contributed by atoms with Crippen LogP contribution in [0.25, 0.3) is 60.9 Å². The molecule has 0 bridgehead atoms. The van der Waals surface area contributed by atoms with Gasteiger partial charge in [0.15, 0.2) is 0 Å². The summed E-state index contributed by atoms with van der Waals surface area (Å²) in [6.45, 7) is 0. The zero-order valence-corrected chi connectivity index (χ0v) is 27.5. The molecule has 1 aromatic heterocycles. The van der Waals surface area contributed by atoms with Crippen LogP contribution in [0.2, 0.25) is 0 Å². The number of hydrogen-bond acceptors (Lipinski definition) is 1. The average molecular weight is 639 g/mol. The number of nitrogens with zero attached hydrogens (tertiary/aromatic N) is 2. The molecule has 0 aliphatic rings. The highest BCUT2D eigenvalue weighted by Crippen LogP contribution is 2.47. The average Bonchev–Trinajstić information content (AvgIpc) is 3.55. The Hall–Kier alpha value is -6.64. The van der Waals surface area contributed by atoms with E-state index < -0.39 is 0 Å². The van der Waals surface area contributed by atoms with Crippen molar-refractivity contribution in [1.82, 2.24) is 4.57 Å². The van der Waals surface area contributed by atoms with Gasteiger partial charge in [-0.15, -0.1) is 0 Å². The molecule has 0 aliphatic heterocycles. The lowest BCUT2D eigenvalue weighted by Crippen LogP contribution is -2.11.